The summed E-state index contributed by atoms with van der Waals surface area (Å²) >= 11 is 0. The number of hydrogen-bond acceptors (Lipinski definition) is 4. The van der Waals surface area contributed by atoms with Gasteiger partial charge in [-0.05, 0) is 38.1 Å². The summed E-state index contributed by atoms with van der Waals surface area (Å²) in [6, 6.07) is 9.48. The van der Waals surface area contributed by atoms with Gasteiger partial charge in [0.25, 0.3) is 5.91 Å². The van der Waals surface area contributed by atoms with Crippen molar-refractivity contribution in [1.82, 2.24) is 9.88 Å². The molecule has 1 aliphatic heterocycles. The smallest absolute Gasteiger partial charge is 0.254 e. The predicted molar refractivity (Wildman–Crippen MR) is 88.5 cm³/mol. The number of benzene rings is 1. The number of hydrogen-bond donors (Lipinski definition) is 0. The minimum Gasteiger partial charge on any atom is -0.382 e. The number of pyridine rings is 1. The molecule has 1 saturated heterocycles. The van der Waals surface area contributed by atoms with Crippen LogP contribution in [0.15, 0.2) is 36.5 Å². The highest BCUT2D eigenvalue weighted by atomic mass is 16.5. The molecule has 23 heavy (non-hydrogen) atoms. The van der Waals surface area contributed by atoms with E-state index in [0.29, 0.717) is 25.3 Å². The van der Waals surface area contributed by atoms with Gasteiger partial charge < -0.3 is 14.4 Å². The number of rotatable bonds is 3. The number of amides is 1. The van der Waals surface area contributed by atoms with E-state index in [1.807, 2.05) is 49.1 Å². The highest BCUT2D eigenvalue weighted by molar-refractivity contribution is 5.98. The van der Waals surface area contributed by atoms with Crippen molar-refractivity contribution in [1.29, 1.82) is 0 Å². The maximum Gasteiger partial charge on any atom is 0.254 e. The molecule has 0 saturated carbocycles. The Morgan fingerprint density at radius 1 is 1.43 bits per heavy atom. The summed E-state index contributed by atoms with van der Waals surface area (Å²) in [6.07, 6.45) is 1.65. The zero-order valence-electron chi connectivity index (χ0n) is 13.8. The van der Waals surface area contributed by atoms with E-state index in [0.717, 1.165) is 10.9 Å². The molecular formula is C18H22N2O3. The van der Waals surface area contributed by atoms with Crippen molar-refractivity contribution in [3.8, 4) is 0 Å². The quantitative estimate of drug-likeness (QED) is 0.873. The van der Waals surface area contributed by atoms with Crippen LogP contribution < -0.4 is 0 Å². The molecule has 5 heteroatoms. The molecule has 0 aliphatic carbocycles. The number of carbonyl (C=O) groups excluding carboxylic acids is 1. The second kappa shape index (κ2) is 6.26. The SMILES string of the molecule is COC[C@H]1CN(C(=O)c2ccc3ncccc3c2)CC(C)(C)O1. The Bertz CT molecular complexity index is 714. The van der Waals surface area contributed by atoms with Crippen LogP contribution in [-0.2, 0) is 9.47 Å². The fourth-order valence-electron chi connectivity index (χ4n) is 3.11. The van der Waals surface area contributed by atoms with Crippen molar-refractivity contribution in [3.05, 3.63) is 42.1 Å². The van der Waals surface area contributed by atoms with Gasteiger partial charge in [0.15, 0.2) is 0 Å². The molecule has 3 rings (SSSR count). The molecule has 1 aromatic carbocycles. The van der Waals surface area contributed by atoms with Gasteiger partial charge in [0, 0.05) is 37.3 Å². The third-order valence-electron chi connectivity index (χ3n) is 3.97. The summed E-state index contributed by atoms with van der Waals surface area (Å²) in [5.74, 6) is 0.0215. The lowest BCUT2D eigenvalue weighted by atomic mass is 10.0. The summed E-state index contributed by atoms with van der Waals surface area (Å²) in [5, 5.41) is 0.972. The van der Waals surface area contributed by atoms with Gasteiger partial charge in [0.2, 0.25) is 0 Å². The summed E-state index contributed by atoms with van der Waals surface area (Å²) in [5.41, 5.74) is 1.19. The Morgan fingerprint density at radius 2 is 2.26 bits per heavy atom. The van der Waals surface area contributed by atoms with Crippen molar-refractivity contribution in [3.63, 3.8) is 0 Å². The lowest BCUT2D eigenvalue weighted by molar-refractivity contribution is -0.143. The molecule has 1 amide bonds. The number of fused-ring (bicyclic) bond motifs is 1. The second-order valence-corrected chi connectivity index (χ2v) is 6.55. The highest BCUT2D eigenvalue weighted by Gasteiger charge is 2.35. The number of methoxy groups -OCH3 is 1. The lowest BCUT2D eigenvalue weighted by Crippen LogP contribution is -2.55. The van der Waals surface area contributed by atoms with Crippen LogP contribution >= 0.6 is 0 Å². The molecule has 122 valence electrons. The number of morpholine rings is 1. The summed E-state index contributed by atoms with van der Waals surface area (Å²) in [4.78, 5) is 19.0. The van der Waals surface area contributed by atoms with Crippen LogP contribution in [0, 0.1) is 0 Å². The van der Waals surface area contributed by atoms with Gasteiger partial charge in [0.05, 0.1) is 23.8 Å². The Morgan fingerprint density at radius 3 is 3.04 bits per heavy atom. The first kappa shape index (κ1) is 15.9. The molecule has 1 fully saturated rings. The highest BCUT2D eigenvalue weighted by Crippen LogP contribution is 2.23. The van der Waals surface area contributed by atoms with Crippen molar-refractivity contribution in [2.45, 2.75) is 25.6 Å². The summed E-state index contributed by atoms with van der Waals surface area (Å²) < 4.78 is 11.2. The average molecular weight is 314 g/mol. The van der Waals surface area contributed by atoms with Gasteiger partial charge in [-0.1, -0.05) is 6.07 Å². The zero-order chi connectivity index (χ0) is 16.4. The number of ether oxygens (including phenoxy) is 2. The number of aromatic nitrogens is 1. The normalized spacial score (nSPS) is 20.7. The minimum absolute atomic E-state index is 0.0215. The fourth-order valence-corrected chi connectivity index (χ4v) is 3.11. The topological polar surface area (TPSA) is 51.7 Å². The van der Waals surface area contributed by atoms with Crippen LogP contribution in [0.5, 0.6) is 0 Å². The first-order chi connectivity index (χ1) is 11.0. The van der Waals surface area contributed by atoms with Crippen molar-refractivity contribution in [2.75, 3.05) is 26.8 Å². The molecule has 2 aromatic rings. The minimum atomic E-state index is -0.379. The maximum atomic E-state index is 12.9. The molecule has 1 aromatic heterocycles. The molecule has 2 heterocycles. The van der Waals surface area contributed by atoms with Gasteiger partial charge in [-0.25, -0.2) is 0 Å². The van der Waals surface area contributed by atoms with Gasteiger partial charge in [-0.15, -0.1) is 0 Å². The Kier molecular flexibility index (Phi) is 4.33. The lowest BCUT2D eigenvalue weighted by Gasteiger charge is -2.42. The monoisotopic (exact) mass is 314 g/mol. The third kappa shape index (κ3) is 3.51. The largest absolute Gasteiger partial charge is 0.382 e. The van der Waals surface area contributed by atoms with Crippen LogP contribution in [0.25, 0.3) is 10.9 Å². The van der Waals surface area contributed by atoms with Crippen LogP contribution in [0.1, 0.15) is 24.2 Å². The van der Waals surface area contributed by atoms with Crippen molar-refractivity contribution >= 4 is 16.8 Å². The van der Waals surface area contributed by atoms with Gasteiger partial charge in [-0.3, -0.25) is 9.78 Å². The molecule has 0 spiro atoms. The average Bonchev–Trinajstić information content (AvgIpc) is 2.52. The fraction of sp³-hybridized carbons (Fsp3) is 0.444. The van der Waals surface area contributed by atoms with Gasteiger partial charge in [0.1, 0.15) is 0 Å². The molecule has 0 radical (unpaired) electrons. The van der Waals surface area contributed by atoms with Crippen molar-refractivity contribution < 1.29 is 14.3 Å². The van der Waals surface area contributed by atoms with Crippen LogP contribution in [0.2, 0.25) is 0 Å². The Balaban J connectivity index is 1.85. The van der Waals surface area contributed by atoms with Gasteiger partial charge >= 0.3 is 0 Å². The zero-order valence-corrected chi connectivity index (χ0v) is 13.8. The Labute approximate surface area is 136 Å². The van der Waals surface area contributed by atoms with E-state index in [2.05, 4.69) is 4.98 Å². The first-order valence-electron chi connectivity index (χ1n) is 7.79. The van der Waals surface area contributed by atoms with E-state index in [4.69, 9.17) is 9.47 Å². The van der Waals surface area contributed by atoms with Crippen LogP contribution in [0.3, 0.4) is 0 Å². The molecule has 0 bridgehead atoms. The third-order valence-corrected chi connectivity index (χ3v) is 3.97. The van der Waals surface area contributed by atoms with Crippen LogP contribution in [-0.4, -0.2) is 54.3 Å². The molecule has 0 N–H and O–H groups in total. The summed E-state index contributed by atoms with van der Waals surface area (Å²) in [6.45, 7) is 5.59. The first-order valence-corrected chi connectivity index (χ1v) is 7.79. The van der Waals surface area contributed by atoms with Crippen molar-refractivity contribution in [2.24, 2.45) is 0 Å². The molecule has 1 atom stereocenters. The molecule has 0 unspecified atom stereocenters. The van der Waals surface area contributed by atoms with E-state index in [9.17, 15) is 4.79 Å². The Hall–Kier alpha value is -1.98. The molecule has 1 aliphatic rings. The predicted octanol–water partition coefficient (Wildman–Crippen LogP) is 2.50. The number of nitrogens with zero attached hydrogens (tertiary/aromatic N) is 2. The van der Waals surface area contributed by atoms with E-state index in [-0.39, 0.29) is 17.6 Å². The standard InChI is InChI=1S/C18H22N2O3/c1-18(2)12-20(10-15(23-18)11-22-3)17(21)14-6-7-16-13(9-14)5-4-8-19-16/h4-9,15H,10-12H2,1-3H3/t15-/m1/s1. The molecule has 5 nitrogen and oxygen atoms in total. The van der Waals surface area contributed by atoms with Gasteiger partial charge in [-0.2, -0.15) is 0 Å². The number of carbonyl (C=O) groups is 1. The summed E-state index contributed by atoms with van der Waals surface area (Å²) in [7, 11) is 1.65. The van der Waals surface area contributed by atoms with E-state index < -0.39 is 0 Å². The van der Waals surface area contributed by atoms with E-state index in [1.54, 1.807) is 13.3 Å². The second-order valence-electron chi connectivity index (χ2n) is 6.55. The van der Waals surface area contributed by atoms with E-state index in [1.165, 1.54) is 0 Å². The maximum absolute atomic E-state index is 12.9. The molecular weight excluding hydrogens is 292 g/mol. The van der Waals surface area contributed by atoms with E-state index >= 15 is 0 Å². The van der Waals surface area contributed by atoms with Crippen LogP contribution in [0.4, 0.5) is 0 Å².